The molecule has 0 aliphatic rings. The molecule has 9 heteroatoms. The second kappa shape index (κ2) is 12.8. The maximum Gasteiger partial charge on any atom is 0.244 e. The van der Waals surface area contributed by atoms with Gasteiger partial charge in [0.05, 0.1) is 19.1 Å². The number of nitrogens with one attached hydrogen (secondary N) is 1. The van der Waals surface area contributed by atoms with E-state index in [-0.39, 0.29) is 18.4 Å². The second-order valence-electron chi connectivity index (χ2n) is 9.42. The van der Waals surface area contributed by atoms with Gasteiger partial charge in [0, 0.05) is 13.1 Å². The SMILES string of the molecule is CC[C@H](C(=O)NCC(C)C)N(Cc1ccc(OC)cc1)C(=O)CN(c1cccc(C)c1C)S(C)(=O)=O. The van der Waals surface area contributed by atoms with Crippen molar-refractivity contribution in [1.82, 2.24) is 10.2 Å². The molecule has 198 valence electrons. The van der Waals surface area contributed by atoms with Crippen molar-refractivity contribution in [2.45, 2.75) is 53.6 Å². The summed E-state index contributed by atoms with van der Waals surface area (Å²) in [5, 5.41) is 2.92. The molecule has 36 heavy (non-hydrogen) atoms. The van der Waals surface area contributed by atoms with Gasteiger partial charge in [-0.2, -0.15) is 0 Å². The third-order valence-electron chi connectivity index (χ3n) is 6.11. The molecule has 1 N–H and O–H groups in total. The van der Waals surface area contributed by atoms with E-state index >= 15 is 0 Å². The summed E-state index contributed by atoms with van der Waals surface area (Å²) >= 11 is 0. The highest BCUT2D eigenvalue weighted by molar-refractivity contribution is 7.92. The highest BCUT2D eigenvalue weighted by atomic mass is 32.2. The minimum atomic E-state index is -3.77. The zero-order valence-electron chi connectivity index (χ0n) is 22.4. The van der Waals surface area contributed by atoms with Crippen LogP contribution in [0.15, 0.2) is 42.5 Å². The molecule has 2 aromatic rings. The molecule has 0 aliphatic heterocycles. The van der Waals surface area contributed by atoms with Crippen LogP contribution in [0.25, 0.3) is 0 Å². The third kappa shape index (κ3) is 7.71. The van der Waals surface area contributed by atoms with Gasteiger partial charge < -0.3 is 15.0 Å². The van der Waals surface area contributed by atoms with Crippen LogP contribution in [0.2, 0.25) is 0 Å². The average molecular weight is 518 g/mol. The monoisotopic (exact) mass is 517 g/mol. The normalized spacial score (nSPS) is 12.2. The fourth-order valence-electron chi connectivity index (χ4n) is 3.87. The van der Waals surface area contributed by atoms with Crippen molar-refractivity contribution in [2.75, 3.05) is 30.8 Å². The molecule has 0 aromatic heterocycles. The lowest BCUT2D eigenvalue weighted by atomic mass is 10.1. The van der Waals surface area contributed by atoms with Crippen molar-refractivity contribution in [1.29, 1.82) is 0 Å². The molecule has 0 bridgehead atoms. The topological polar surface area (TPSA) is 96.0 Å². The number of benzene rings is 2. The fraction of sp³-hybridized carbons (Fsp3) is 0.481. The van der Waals surface area contributed by atoms with Crippen molar-refractivity contribution in [2.24, 2.45) is 5.92 Å². The van der Waals surface area contributed by atoms with E-state index in [0.29, 0.717) is 24.4 Å². The van der Waals surface area contributed by atoms with E-state index in [1.54, 1.807) is 31.4 Å². The molecule has 1 atom stereocenters. The van der Waals surface area contributed by atoms with Crippen molar-refractivity contribution < 1.29 is 22.7 Å². The maximum absolute atomic E-state index is 13.8. The highest BCUT2D eigenvalue weighted by Gasteiger charge is 2.32. The van der Waals surface area contributed by atoms with Gasteiger partial charge in [0.15, 0.2) is 0 Å². The van der Waals surface area contributed by atoms with E-state index in [1.807, 2.05) is 52.8 Å². The van der Waals surface area contributed by atoms with E-state index in [4.69, 9.17) is 4.74 Å². The predicted molar refractivity (Wildman–Crippen MR) is 144 cm³/mol. The van der Waals surface area contributed by atoms with Crippen molar-refractivity contribution in [3.05, 3.63) is 59.2 Å². The standard InChI is InChI=1S/C27H39N3O5S/c1-8-24(27(32)28-16-19(2)3)29(17-22-12-14-23(35-6)15-13-22)26(31)18-30(36(7,33)34)25-11-9-10-20(4)21(25)5/h9-15,19,24H,8,16-18H2,1-7H3,(H,28,32)/t24-/m1/s1. The minimum absolute atomic E-state index is 0.154. The maximum atomic E-state index is 13.8. The summed E-state index contributed by atoms with van der Waals surface area (Å²) in [5.41, 5.74) is 2.95. The number of nitrogens with zero attached hydrogens (tertiary/aromatic N) is 2. The first-order valence-electron chi connectivity index (χ1n) is 12.1. The molecule has 2 rings (SSSR count). The van der Waals surface area contributed by atoms with Crippen molar-refractivity contribution in [3.8, 4) is 5.75 Å². The summed E-state index contributed by atoms with van der Waals surface area (Å²) in [6, 6.07) is 11.8. The van der Waals surface area contributed by atoms with Crippen molar-refractivity contribution in [3.63, 3.8) is 0 Å². The van der Waals surface area contributed by atoms with Gasteiger partial charge in [0.2, 0.25) is 21.8 Å². The number of hydrogen-bond donors (Lipinski definition) is 1. The summed E-state index contributed by atoms with van der Waals surface area (Å²) in [6.07, 6.45) is 1.47. The Bertz CT molecular complexity index is 1150. The van der Waals surface area contributed by atoms with Gasteiger partial charge in [-0.1, -0.05) is 45.0 Å². The number of carbonyl (C=O) groups is 2. The van der Waals surface area contributed by atoms with E-state index < -0.39 is 28.5 Å². The Morgan fingerprint density at radius 1 is 1.06 bits per heavy atom. The molecule has 0 spiro atoms. The number of aryl methyl sites for hydroxylation is 1. The average Bonchev–Trinajstić information content (AvgIpc) is 2.82. The fourth-order valence-corrected chi connectivity index (χ4v) is 4.77. The molecule has 0 saturated carbocycles. The number of ether oxygens (including phenoxy) is 1. The lowest BCUT2D eigenvalue weighted by molar-refractivity contribution is -0.140. The van der Waals surface area contributed by atoms with Crippen LogP contribution in [0.5, 0.6) is 5.75 Å². The molecular weight excluding hydrogens is 478 g/mol. The molecule has 0 heterocycles. The van der Waals surface area contributed by atoms with Crippen LogP contribution in [-0.4, -0.2) is 57.6 Å². The van der Waals surface area contributed by atoms with Gasteiger partial charge in [-0.05, 0) is 61.1 Å². The number of hydrogen-bond acceptors (Lipinski definition) is 5. The highest BCUT2D eigenvalue weighted by Crippen LogP contribution is 2.26. The summed E-state index contributed by atoms with van der Waals surface area (Å²) < 4.78 is 31.9. The van der Waals surface area contributed by atoms with Crippen LogP contribution in [0.4, 0.5) is 5.69 Å². The van der Waals surface area contributed by atoms with E-state index in [1.165, 1.54) is 4.90 Å². The molecule has 8 nitrogen and oxygen atoms in total. The lowest BCUT2D eigenvalue weighted by Crippen LogP contribution is -2.52. The Balaban J connectivity index is 2.46. The van der Waals surface area contributed by atoms with Crippen LogP contribution < -0.4 is 14.4 Å². The van der Waals surface area contributed by atoms with E-state index in [0.717, 1.165) is 27.3 Å². The molecule has 2 aromatic carbocycles. The summed E-state index contributed by atoms with van der Waals surface area (Å²) in [4.78, 5) is 28.3. The smallest absolute Gasteiger partial charge is 0.244 e. The zero-order valence-corrected chi connectivity index (χ0v) is 23.2. The number of rotatable bonds is 12. The molecule has 0 aliphatic carbocycles. The second-order valence-corrected chi connectivity index (χ2v) is 11.3. The molecule has 0 radical (unpaired) electrons. The molecule has 0 fully saturated rings. The molecule has 0 saturated heterocycles. The first-order valence-corrected chi connectivity index (χ1v) is 14.0. The lowest BCUT2D eigenvalue weighted by Gasteiger charge is -2.33. The Morgan fingerprint density at radius 3 is 2.22 bits per heavy atom. The zero-order chi connectivity index (χ0) is 27.0. The van der Waals surface area contributed by atoms with Crippen LogP contribution in [-0.2, 0) is 26.2 Å². The van der Waals surface area contributed by atoms with Crippen LogP contribution in [0.1, 0.15) is 43.9 Å². The van der Waals surface area contributed by atoms with Gasteiger partial charge >= 0.3 is 0 Å². The Hall–Kier alpha value is -3.07. The van der Waals surface area contributed by atoms with Gasteiger partial charge in [-0.15, -0.1) is 0 Å². The van der Waals surface area contributed by atoms with E-state index in [9.17, 15) is 18.0 Å². The van der Waals surface area contributed by atoms with Gasteiger partial charge in [0.1, 0.15) is 18.3 Å². The number of carbonyl (C=O) groups excluding carboxylic acids is 2. The van der Waals surface area contributed by atoms with Gasteiger partial charge in [-0.3, -0.25) is 13.9 Å². The Morgan fingerprint density at radius 2 is 1.69 bits per heavy atom. The quantitative estimate of drug-likeness (QED) is 0.464. The predicted octanol–water partition coefficient (Wildman–Crippen LogP) is 3.66. The van der Waals surface area contributed by atoms with Gasteiger partial charge in [-0.25, -0.2) is 8.42 Å². The first kappa shape index (κ1) is 29.2. The summed E-state index contributed by atoms with van der Waals surface area (Å²) in [7, 11) is -2.20. The number of amides is 2. The Labute approximate surface area is 215 Å². The molecular formula is C27H39N3O5S. The van der Waals surface area contributed by atoms with Crippen LogP contribution in [0, 0.1) is 19.8 Å². The van der Waals surface area contributed by atoms with Crippen LogP contribution >= 0.6 is 0 Å². The van der Waals surface area contributed by atoms with Gasteiger partial charge in [0.25, 0.3) is 0 Å². The summed E-state index contributed by atoms with van der Waals surface area (Å²) in [6.45, 7) is 9.78. The van der Waals surface area contributed by atoms with Crippen LogP contribution in [0.3, 0.4) is 0 Å². The Kier molecular flexibility index (Phi) is 10.3. The first-order chi connectivity index (χ1) is 16.9. The number of sulfonamides is 1. The minimum Gasteiger partial charge on any atom is -0.497 e. The molecule has 2 amide bonds. The third-order valence-corrected chi connectivity index (χ3v) is 7.23. The van der Waals surface area contributed by atoms with E-state index in [2.05, 4.69) is 5.32 Å². The van der Waals surface area contributed by atoms with Crippen molar-refractivity contribution >= 4 is 27.5 Å². The number of anilines is 1. The summed E-state index contributed by atoms with van der Waals surface area (Å²) in [5.74, 6) is 0.216. The number of methoxy groups -OCH3 is 1. The largest absolute Gasteiger partial charge is 0.497 e. The molecule has 0 unspecified atom stereocenters.